The van der Waals surface area contributed by atoms with Crippen LogP contribution in [0.4, 0.5) is 4.79 Å². The Morgan fingerprint density at radius 2 is 1.78 bits per heavy atom. The van der Waals surface area contributed by atoms with Crippen molar-refractivity contribution >= 4 is 29.7 Å². The van der Waals surface area contributed by atoms with Gasteiger partial charge in [-0.25, -0.2) is 9.59 Å². The minimum atomic E-state index is -0.677. The number of amides is 2. The van der Waals surface area contributed by atoms with E-state index in [9.17, 15) is 14.4 Å². The Hall–Kier alpha value is -2.22. The molecule has 1 atom stereocenters. The number of thioether (sulfide) groups is 1. The molecule has 2 N–H and O–H groups in total. The van der Waals surface area contributed by atoms with Gasteiger partial charge in [0.15, 0.2) is 0 Å². The Morgan fingerprint density at radius 3 is 2.30 bits per heavy atom. The summed E-state index contributed by atoms with van der Waals surface area (Å²) in [5.41, 5.74) is 0.691. The van der Waals surface area contributed by atoms with Crippen molar-refractivity contribution in [3.05, 3.63) is 35.4 Å². The lowest BCUT2D eigenvalue weighted by atomic mass is 10.1. The van der Waals surface area contributed by atoms with Crippen molar-refractivity contribution in [2.45, 2.75) is 45.4 Å². The lowest BCUT2D eigenvalue weighted by Gasteiger charge is -2.19. The zero-order valence-electron chi connectivity index (χ0n) is 16.5. The Bertz CT molecular complexity index is 640. The summed E-state index contributed by atoms with van der Waals surface area (Å²) in [7, 11) is 1.30. The van der Waals surface area contributed by atoms with Crippen molar-refractivity contribution in [2.75, 3.05) is 19.1 Å². The largest absolute Gasteiger partial charge is 0.467 e. The number of nitrogens with one attached hydrogen (secondary N) is 2. The molecule has 8 heteroatoms. The molecule has 0 saturated heterocycles. The zero-order valence-corrected chi connectivity index (χ0v) is 17.3. The second kappa shape index (κ2) is 10.8. The number of hydrogen-bond donors (Lipinski definition) is 2. The molecule has 0 aliphatic rings. The van der Waals surface area contributed by atoms with Crippen molar-refractivity contribution in [3.8, 4) is 0 Å². The molecule has 0 spiro atoms. The minimum Gasteiger partial charge on any atom is -0.467 e. The van der Waals surface area contributed by atoms with Crippen LogP contribution in [0, 0.1) is 0 Å². The number of hydrogen-bond acceptors (Lipinski definition) is 6. The summed E-state index contributed by atoms with van der Waals surface area (Å²) in [5.74, 6) is -0.0799. The Morgan fingerprint density at radius 1 is 1.15 bits per heavy atom. The number of carbonyl (C=O) groups is 3. The van der Waals surface area contributed by atoms with Crippen LogP contribution in [0.3, 0.4) is 0 Å². The van der Waals surface area contributed by atoms with Crippen molar-refractivity contribution in [2.24, 2.45) is 0 Å². The summed E-state index contributed by atoms with van der Waals surface area (Å²) in [5, 5.41) is 5.35. The molecule has 0 aliphatic carbocycles. The summed E-state index contributed by atoms with van der Waals surface area (Å²) < 4.78 is 9.91. The number of ether oxygens (including phenoxy) is 2. The van der Waals surface area contributed by atoms with Crippen molar-refractivity contribution in [1.82, 2.24) is 10.6 Å². The second-order valence-electron chi connectivity index (χ2n) is 6.88. The van der Waals surface area contributed by atoms with Gasteiger partial charge in [0.25, 0.3) is 5.91 Å². The van der Waals surface area contributed by atoms with Gasteiger partial charge in [0.2, 0.25) is 0 Å². The van der Waals surface area contributed by atoms with E-state index in [4.69, 9.17) is 9.47 Å². The first-order chi connectivity index (χ1) is 12.7. The fourth-order valence-corrected chi connectivity index (χ4v) is 2.60. The van der Waals surface area contributed by atoms with Crippen LogP contribution in [-0.2, 0) is 20.8 Å². The molecule has 0 saturated carbocycles. The van der Waals surface area contributed by atoms with E-state index in [1.54, 1.807) is 56.8 Å². The molecule has 0 heterocycles. The monoisotopic (exact) mass is 396 g/mol. The van der Waals surface area contributed by atoms with E-state index in [2.05, 4.69) is 10.6 Å². The van der Waals surface area contributed by atoms with Crippen LogP contribution in [0.2, 0.25) is 0 Å². The number of esters is 1. The first-order valence-corrected chi connectivity index (χ1v) is 9.99. The van der Waals surface area contributed by atoms with E-state index >= 15 is 0 Å². The van der Waals surface area contributed by atoms with Gasteiger partial charge in [0.05, 0.1) is 7.11 Å². The number of benzene rings is 1. The van der Waals surface area contributed by atoms with E-state index in [0.717, 1.165) is 11.3 Å². The van der Waals surface area contributed by atoms with Crippen molar-refractivity contribution in [1.29, 1.82) is 0 Å². The molecule has 0 fully saturated rings. The number of alkyl carbamates (subject to hydrolysis) is 1. The smallest absolute Gasteiger partial charge is 0.407 e. The Labute approximate surface area is 164 Å². The highest BCUT2D eigenvalue weighted by atomic mass is 32.2. The molecule has 0 aromatic heterocycles. The summed E-state index contributed by atoms with van der Waals surface area (Å²) in [4.78, 5) is 35.8. The maximum absolute atomic E-state index is 12.4. The molecule has 1 aromatic rings. The Balaban J connectivity index is 2.62. The maximum atomic E-state index is 12.4. The fraction of sp³-hybridized carbons (Fsp3) is 0.526. The average molecular weight is 397 g/mol. The SMILES string of the molecule is COC(=O)[C@H](CCSC)NC(=O)c1ccc(CNC(=O)OC(C)(C)C)cc1. The Kier molecular flexibility index (Phi) is 9.14. The van der Waals surface area contributed by atoms with Crippen molar-refractivity contribution in [3.63, 3.8) is 0 Å². The van der Waals surface area contributed by atoms with E-state index in [1.165, 1.54) is 7.11 Å². The van der Waals surface area contributed by atoms with E-state index in [0.29, 0.717) is 12.0 Å². The van der Waals surface area contributed by atoms with Gasteiger partial charge in [0, 0.05) is 12.1 Å². The number of rotatable bonds is 8. The first kappa shape index (κ1) is 22.8. The molecule has 0 radical (unpaired) electrons. The van der Waals surface area contributed by atoms with Gasteiger partial charge < -0.3 is 20.1 Å². The third kappa shape index (κ3) is 8.81. The molecule has 1 aromatic carbocycles. The standard InChI is InChI=1S/C19H28N2O5S/c1-19(2,3)26-18(24)20-12-13-6-8-14(9-7-13)16(22)21-15(10-11-27-5)17(23)25-4/h6-9,15H,10-12H2,1-5H3,(H,20,24)(H,21,22)/t15-/m0/s1. The van der Waals surface area contributed by atoms with Gasteiger partial charge in [-0.3, -0.25) is 4.79 Å². The summed E-state index contributed by atoms with van der Waals surface area (Å²) in [6.45, 7) is 5.66. The highest BCUT2D eigenvalue weighted by molar-refractivity contribution is 7.98. The molecule has 7 nitrogen and oxygen atoms in total. The predicted octanol–water partition coefficient (Wildman–Crippen LogP) is 2.74. The highest BCUT2D eigenvalue weighted by Crippen LogP contribution is 2.09. The van der Waals surface area contributed by atoms with Gasteiger partial charge in [-0.15, -0.1) is 0 Å². The van der Waals surface area contributed by atoms with Gasteiger partial charge in [-0.1, -0.05) is 12.1 Å². The molecule has 1 rings (SSSR count). The molecule has 0 bridgehead atoms. The molecule has 0 aliphatic heterocycles. The average Bonchev–Trinajstić information content (AvgIpc) is 2.61. The molecule has 2 amide bonds. The number of carbonyl (C=O) groups excluding carboxylic acids is 3. The van der Waals surface area contributed by atoms with Crippen LogP contribution in [0.15, 0.2) is 24.3 Å². The second-order valence-corrected chi connectivity index (χ2v) is 7.87. The van der Waals surface area contributed by atoms with Gasteiger partial charge in [0.1, 0.15) is 11.6 Å². The van der Waals surface area contributed by atoms with Gasteiger partial charge >= 0.3 is 12.1 Å². The van der Waals surface area contributed by atoms with Crippen LogP contribution in [-0.4, -0.2) is 48.7 Å². The van der Waals surface area contributed by atoms with Crippen LogP contribution in [0.1, 0.15) is 43.1 Å². The van der Waals surface area contributed by atoms with Crippen LogP contribution < -0.4 is 10.6 Å². The highest BCUT2D eigenvalue weighted by Gasteiger charge is 2.21. The van der Waals surface area contributed by atoms with Crippen molar-refractivity contribution < 1.29 is 23.9 Å². The predicted molar refractivity (Wildman–Crippen MR) is 106 cm³/mol. The molecular weight excluding hydrogens is 368 g/mol. The minimum absolute atomic E-state index is 0.287. The molecular formula is C19H28N2O5S. The third-order valence-corrected chi connectivity index (χ3v) is 4.10. The first-order valence-electron chi connectivity index (χ1n) is 8.59. The van der Waals surface area contributed by atoms with Gasteiger partial charge in [-0.2, -0.15) is 11.8 Å². The molecule has 150 valence electrons. The summed E-state index contributed by atoms with van der Waals surface area (Å²) in [6, 6.07) is 6.08. The summed E-state index contributed by atoms with van der Waals surface area (Å²) in [6.07, 6.45) is 1.93. The lowest BCUT2D eigenvalue weighted by Crippen LogP contribution is -2.41. The fourth-order valence-electron chi connectivity index (χ4n) is 2.13. The maximum Gasteiger partial charge on any atom is 0.407 e. The third-order valence-electron chi connectivity index (χ3n) is 3.45. The van der Waals surface area contributed by atoms with E-state index in [-0.39, 0.29) is 12.5 Å². The van der Waals surface area contributed by atoms with Crippen LogP contribution >= 0.6 is 11.8 Å². The van der Waals surface area contributed by atoms with Gasteiger partial charge in [-0.05, 0) is 56.9 Å². The van der Waals surface area contributed by atoms with E-state index in [1.807, 2.05) is 6.26 Å². The topological polar surface area (TPSA) is 93.7 Å². The normalized spacial score (nSPS) is 12.0. The quantitative estimate of drug-likeness (QED) is 0.656. The van der Waals surface area contributed by atoms with Crippen LogP contribution in [0.5, 0.6) is 0 Å². The molecule has 27 heavy (non-hydrogen) atoms. The zero-order chi connectivity index (χ0) is 20.4. The lowest BCUT2D eigenvalue weighted by molar-refractivity contribution is -0.142. The summed E-state index contributed by atoms with van der Waals surface area (Å²) >= 11 is 1.59. The molecule has 0 unspecified atom stereocenters. The van der Waals surface area contributed by atoms with E-state index < -0.39 is 23.7 Å². The van der Waals surface area contributed by atoms with Crippen LogP contribution in [0.25, 0.3) is 0 Å². The number of methoxy groups -OCH3 is 1.